The molecule has 2 aliphatic heterocycles. The van der Waals surface area contributed by atoms with Crippen LogP contribution < -0.4 is 0 Å². The van der Waals surface area contributed by atoms with Crippen LogP contribution >= 0.6 is 0 Å². The van der Waals surface area contributed by atoms with E-state index in [2.05, 4.69) is 6.92 Å². The molecule has 0 spiro atoms. The van der Waals surface area contributed by atoms with Gasteiger partial charge in [-0.15, -0.1) is 0 Å². The molecule has 4 atom stereocenters. The Morgan fingerprint density at radius 1 is 1.25 bits per heavy atom. The van der Waals surface area contributed by atoms with Crippen LogP contribution in [0.25, 0.3) is 0 Å². The quantitative estimate of drug-likeness (QED) is 0.713. The topological polar surface area (TPSA) is 78.9 Å². The third kappa shape index (κ3) is 2.09. The van der Waals surface area contributed by atoms with Crippen molar-refractivity contribution in [2.75, 3.05) is 14.2 Å². The fourth-order valence-electron chi connectivity index (χ4n) is 4.27. The Hall–Kier alpha value is -1.95. The first-order chi connectivity index (χ1) is 11.4. The minimum atomic E-state index is -1.15. The Bertz CT molecular complexity index is 673. The van der Waals surface area contributed by atoms with E-state index in [9.17, 15) is 14.4 Å². The molecule has 24 heavy (non-hydrogen) atoms. The van der Waals surface area contributed by atoms with Gasteiger partial charge in [0.2, 0.25) is 0 Å². The number of fused-ring (bicyclic) bond motifs is 5. The summed E-state index contributed by atoms with van der Waals surface area (Å²) in [5, 5.41) is 0. The average Bonchev–Trinajstić information content (AvgIpc) is 3.16. The molecule has 0 aromatic rings. The number of rotatable bonds is 5. The number of allylic oxidation sites excluding steroid dienone is 1. The number of esters is 2. The normalized spacial score (nSPS) is 33.6. The third-order valence-corrected chi connectivity index (χ3v) is 5.34. The van der Waals surface area contributed by atoms with Crippen LogP contribution in [0.1, 0.15) is 33.1 Å². The summed E-state index contributed by atoms with van der Waals surface area (Å²) in [7, 11) is 2.51. The van der Waals surface area contributed by atoms with Gasteiger partial charge in [-0.2, -0.15) is 0 Å². The van der Waals surface area contributed by atoms with Crippen molar-refractivity contribution in [1.29, 1.82) is 0 Å². The second kappa shape index (κ2) is 5.84. The summed E-state index contributed by atoms with van der Waals surface area (Å²) in [5.74, 6) is -1.93. The maximum absolute atomic E-state index is 12.9. The number of Topliss-reactive ketones (excluding diaryl/α,β-unsaturated/α-hetero) is 1. The maximum atomic E-state index is 12.9. The number of hydrogen-bond acceptors (Lipinski definition) is 6. The highest BCUT2D eigenvalue weighted by molar-refractivity contribution is 6.09. The van der Waals surface area contributed by atoms with Crippen molar-refractivity contribution in [1.82, 2.24) is 0 Å². The Morgan fingerprint density at radius 2 is 1.92 bits per heavy atom. The average molecular weight is 334 g/mol. The molecular weight excluding hydrogens is 312 g/mol. The molecule has 2 bridgehead atoms. The lowest BCUT2D eigenvalue weighted by Gasteiger charge is -2.30. The van der Waals surface area contributed by atoms with Gasteiger partial charge in [0.1, 0.15) is 5.60 Å². The monoisotopic (exact) mass is 334 g/mol. The molecule has 0 saturated carbocycles. The van der Waals surface area contributed by atoms with Gasteiger partial charge in [0.05, 0.1) is 37.4 Å². The highest BCUT2D eigenvalue weighted by atomic mass is 16.6. The lowest BCUT2D eigenvalue weighted by Crippen LogP contribution is -2.43. The van der Waals surface area contributed by atoms with Gasteiger partial charge in [-0.3, -0.25) is 4.79 Å². The Kier molecular flexibility index (Phi) is 4.11. The number of carbonyl (C=O) groups excluding carboxylic acids is 3. The van der Waals surface area contributed by atoms with Gasteiger partial charge < -0.3 is 14.2 Å². The van der Waals surface area contributed by atoms with E-state index in [1.807, 2.05) is 6.08 Å². The molecule has 130 valence electrons. The smallest absolute Gasteiger partial charge is 0.337 e. The molecule has 3 rings (SSSR count). The highest BCUT2D eigenvalue weighted by Gasteiger charge is 2.68. The van der Waals surface area contributed by atoms with Gasteiger partial charge in [-0.25, -0.2) is 9.59 Å². The molecular formula is C18H22O6. The first-order valence-corrected chi connectivity index (χ1v) is 8.24. The van der Waals surface area contributed by atoms with Gasteiger partial charge >= 0.3 is 11.9 Å². The number of unbranched alkanes of at least 4 members (excludes halogenated alkanes) is 1. The molecule has 0 unspecified atom stereocenters. The predicted octanol–water partition coefficient (Wildman–Crippen LogP) is 1.73. The van der Waals surface area contributed by atoms with E-state index in [1.165, 1.54) is 14.2 Å². The predicted molar refractivity (Wildman–Crippen MR) is 83.9 cm³/mol. The van der Waals surface area contributed by atoms with Crippen LogP contribution in [-0.2, 0) is 28.6 Å². The summed E-state index contributed by atoms with van der Waals surface area (Å²) in [5.41, 5.74) is -0.0507. The zero-order valence-electron chi connectivity index (χ0n) is 14.4. The fraction of sp³-hybridized carbons (Fsp3) is 0.611. The van der Waals surface area contributed by atoms with E-state index in [4.69, 9.17) is 14.2 Å². The van der Waals surface area contributed by atoms with Crippen molar-refractivity contribution in [3.63, 3.8) is 0 Å². The van der Waals surface area contributed by atoms with Gasteiger partial charge in [0.15, 0.2) is 5.78 Å². The molecule has 1 aliphatic carbocycles. The van der Waals surface area contributed by atoms with E-state index < -0.39 is 29.6 Å². The summed E-state index contributed by atoms with van der Waals surface area (Å²) >= 11 is 0. The molecule has 0 amide bonds. The summed E-state index contributed by atoms with van der Waals surface area (Å²) in [4.78, 5) is 37.4. The summed E-state index contributed by atoms with van der Waals surface area (Å²) in [6.07, 6.45) is 3.93. The van der Waals surface area contributed by atoms with Crippen LogP contribution in [0.3, 0.4) is 0 Å². The molecule has 2 heterocycles. The van der Waals surface area contributed by atoms with Crippen molar-refractivity contribution in [2.45, 2.75) is 44.8 Å². The largest absolute Gasteiger partial charge is 0.466 e. The molecule has 6 nitrogen and oxygen atoms in total. The number of methoxy groups -OCH3 is 2. The standard InChI is InChI=1S/C18H22O6/c1-5-6-7-9-8-10-12(14(9)19)18(2)13(17(21)23-4)11(15(10)24-18)16(20)22-3/h8,10,12,15H,5-7H2,1-4H3/t10-,12-,15-,18+/m0/s1. The minimum Gasteiger partial charge on any atom is -0.466 e. The molecule has 3 aliphatic rings. The van der Waals surface area contributed by atoms with E-state index in [0.29, 0.717) is 6.42 Å². The second-order valence-electron chi connectivity index (χ2n) is 6.63. The van der Waals surface area contributed by atoms with E-state index in [-0.39, 0.29) is 22.8 Å². The number of ether oxygens (including phenoxy) is 3. The number of carbonyl (C=O) groups is 3. The SMILES string of the molecule is CCCCC1=C[C@@H]2[C@@H]3O[C@@](C)(C(C(=O)OC)=C3C(=O)OC)[C@@H]2C1=O. The van der Waals surface area contributed by atoms with Crippen molar-refractivity contribution >= 4 is 17.7 Å². The summed E-state index contributed by atoms with van der Waals surface area (Å²) in [6.45, 7) is 3.77. The van der Waals surface area contributed by atoms with Crippen molar-refractivity contribution < 1.29 is 28.6 Å². The number of ketones is 1. The first kappa shape index (κ1) is 16.9. The Balaban J connectivity index is 2.05. The number of hydrogen-bond donors (Lipinski definition) is 0. The van der Waals surface area contributed by atoms with E-state index in [1.54, 1.807) is 6.92 Å². The van der Waals surface area contributed by atoms with Crippen LogP contribution in [0, 0.1) is 11.8 Å². The molecule has 0 N–H and O–H groups in total. The Morgan fingerprint density at radius 3 is 2.50 bits per heavy atom. The van der Waals surface area contributed by atoms with Crippen LogP contribution in [-0.4, -0.2) is 43.6 Å². The lowest BCUT2D eigenvalue weighted by atomic mass is 9.70. The molecule has 0 radical (unpaired) electrons. The van der Waals surface area contributed by atoms with Crippen LogP contribution in [0.2, 0.25) is 0 Å². The van der Waals surface area contributed by atoms with Crippen molar-refractivity contribution in [3.05, 3.63) is 22.8 Å². The van der Waals surface area contributed by atoms with Crippen LogP contribution in [0.15, 0.2) is 22.8 Å². The zero-order chi connectivity index (χ0) is 17.6. The maximum Gasteiger partial charge on any atom is 0.337 e. The molecule has 6 heteroatoms. The fourth-order valence-corrected chi connectivity index (χ4v) is 4.27. The molecule has 1 saturated heterocycles. The second-order valence-corrected chi connectivity index (χ2v) is 6.63. The lowest BCUT2D eigenvalue weighted by molar-refractivity contribution is -0.140. The van der Waals surface area contributed by atoms with Crippen molar-refractivity contribution in [2.24, 2.45) is 11.8 Å². The van der Waals surface area contributed by atoms with E-state index in [0.717, 1.165) is 18.4 Å². The first-order valence-electron chi connectivity index (χ1n) is 8.24. The Labute approximate surface area is 140 Å². The van der Waals surface area contributed by atoms with E-state index >= 15 is 0 Å². The van der Waals surface area contributed by atoms with Crippen LogP contribution in [0.4, 0.5) is 0 Å². The molecule has 0 aromatic carbocycles. The van der Waals surface area contributed by atoms with Gasteiger partial charge in [0.25, 0.3) is 0 Å². The minimum absolute atomic E-state index is 0.0174. The third-order valence-electron chi connectivity index (χ3n) is 5.34. The molecule has 0 aromatic heterocycles. The highest BCUT2D eigenvalue weighted by Crippen LogP contribution is 2.58. The zero-order valence-corrected chi connectivity index (χ0v) is 14.4. The summed E-state index contributed by atoms with van der Waals surface area (Å²) < 4.78 is 15.7. The van der Waals surface area contributed by atoms with Gasteiger partial charge in [0, 0.05) is 5.92 Å². The van der Waals surface area contributed by atoms with Gasteiger partial charge in [-0.1, -0.05) is 19.4 Å². The van der Waals surface area contributed by atoms with Gasteiger partial charge in [-0.05, 0) is 25.3 Å². The summed E-state index contributed by atoms with van der Waals surface area (Å²) in [6, 6.07) is 0. The van der Waals surface area contributed by atoms with Crippen molar-refractivity contribution in [3.8, 4) is 0 Å². The van der Waals surface area contributed by atoms with Crippen LogP contribution in [0.5, 0.6) is 0 Å². The molecule has 1 fully saturated rings.